The van der Waals surface area contributed by atoms with Gasteiger partial charge in [-0.15, -0.1) is 0 Å². The lowest BCUT2D eigenvalue weighted by Gasteiger charge is -2.00. The maximum absolute atomic E-state index is 13.7. The van der Waals surface area contributed by atoms with Crippen molar-refractivity contribution in [1.82, 2.24) is 15.2 Å². The Bertz CT molecular complexity index is 651. The van der Waals surface area contributed by atoms with E-state index in [1.807, 2.05) is 0 Å². The lowest BCUT2D eigenvalue weighted by Crippen LogP contribution is -1.97. The standard InChI is InChI=1S/C8H4F2N4O2S/c9-3-1-4(7-11-8(17)13-12-7)6(10)5(2-3)14(15)16/h1-2H,(H2,11,12,13,17). The van der Waals surface area contributed by atoms with Gasteiger partial charge >= 0.3 is 5.69 Å². The van der Waals surface area contributed by atoms with Crippen LogP contribution < -0.4 is 0 Å². The second-order valence-corrected chi connectivity index (χ2v) is 3.45. The van der Waals surface area contributed by atoms with Crippen LogP contribution in [0.25, 0.3) is 11.4 Å². The zero-order valence-electron chi connectivity index (χ0n) is 8.03. The molecule has 0 spiro atoms. The molecule has 1 aromatic heterocycles. The fraction of sp³-hybridized carbons (Fsp3) is 0. The molecule has 2 aromatic rings. The van der Waals surface area contributed by atoms with E-state index in [1.165, 1.54) is 0 Å². The summed E-state index contributed by atoms with van der Waals surface area (Å²) < 4.78 is 26.8. The summed E-state index contributed by atoms with van der Waals surface area (Å²) in [6, 6.07) is 1.30. The topological polar surface area (TPSA) is 87.6 Å². The summed E-state index contributed by atoms with van der Waals surface area (Å²) >= 11 is 4.65. The molecule has 0 aliphatic heterocycles. The molecule has 0 fully saturated rings. The van der Waals surface area contributed by atoms with E-state index in [9.17, 15) is 18.9 Å². The van der Waals surface area contributed by atoms with E-state index >= 15 is 0 Å². The summed E-state index contributed by atoms with van der Waals surface area (Å²) in [6.07, 6.45) is 0. The van der Waals surface area contributed by atoms with Crippen LogP contribution in [-0.4, -0.2) is 20.1 Å². The molecule has 9 heteroatoms. The van der Waals surface area contributed by atoms with Gasteiger partial charge in [0, 0.05) is 0 Å². The van der Waals surface area contributed by atoms with Crippen LogP contribution in [0.2, 0.25) is 0 Å². The number of aromatic nitrogens is 3. The molecular formula is C8H4F2N4O2S. The van der Waals surface area contributed by atoms with Crippen LogP contribution in [0.5, 0.6) is 0 Å². The molecule has 0 amide bonds. The SMILES string of the molecule is O=[N+]([O-])c1cc(F)cc(-c2nc(=S)[nH][nH]2)c1F. The number of benzene rings is 1. The van der Waals surface area contributed by atoms with Gasteiger partial charge in [0.05, 0.1) is 16.6 Å². The summed E-state index contributed by atoms with van der Waals surface area (Å²) in [7, 11) is 0. The molecule has 0 aliphatic rings. The van der Waals surface area contributed by atoms with Crippen LogP contribution in [0.15, 0.2) is 12.1 Å². The number of nitrogens with zero attached hydrogens (tertiary/aromatic N) is 2. The average molecular weight is 258 g/mol. The van der Waals surface area contributed by atoms with Crippen molar-refractivity contribution < 1.29 is 13.7 Å². The lowest BCUT2D eigenvalue weighted by atomic mass is 10.1. The van der Waals surface area contributed by atoms with Crippen LogP contribution in [0.4, 0.5) is 14.5 Å². The largest absolute Gasteiger partial charge is 0.308 e. The number of halogens is 2. The first-order chi connectivity index (χ1) is 7.99. The molecule has 0 unspecified atom stereocenters. The second kappa shape index (κ2) is 4.01. The Labute approximate surface area is 97.4 Å². The quantitative estimate of drug-likeness (QED) is 0.491. The first-order valence-electron chi connectivity index (χ1n) is 4.27. The maximum atomic E-state index is 13.7. The van der Waals surface area contributed by atoms with Crippen molar-refractivity contribution in [3.8, 4) is 11.4 Å². The van der Waals surface area contributed by atoms with Gasteiger partial charge < -0.3 is 0 Å². The summed E-state index contributed by atoms with van der Waals surface area (Å²) in [6.45, 7) is 0. The lowest BCUT2D eigenvalue weighted by molar-refractivity contribution is -0.387. The Kier molecular flexibility index (Phi) is 2.68. The van der Waals surface area contributed by atoms with E-state index in [4.69, 9.17) is 0 Å². The van der Waals surface area contributed by atoms with Gasteiger partial charge in [0.1, 0.15) is 5.82 Å². The van der Waals surface area contributed by atoms with Crippen molar-refractivity contribution in [2.45, 2.75) is 0 Å². The van der Waals surface area contributed by atoms with Gasteiger partial charge in [-0.2, -0.15) is 9.37 Å². The number of aromatic amines is 2. The average Bonchev–Trinajstić information content (AvgIpc) is 2.67. The third-order valence-corrected chi connectivity index (χ3v) is 2.16. The van der Waals surface area contributed by atoms with E-state index in [2.05, 4.69) is 27.4 Å². The van der Waals surface area contributed by atoms with Crippen LogP contribution >= 0.6 is 12.2 Å². The fourth-order valence-electron chi connectivity index (χ4n) is 1.28. The van der Waals surface area contributed by atoms with Crippen molar-refractivity contribution in [1.29, 1.82) is 0 Å². The zero-order valence-corrected chi connectivity index (χ0v) is 8.85. The third-order valence-electron chi connectivity index (χ3n) is 1.97. The highest BCUT2D eigenvalue weighted by Gasteiger charge is 2.22. The summed E-state index contributed by atoms with van der Waals surface area (Å²) in [5.74, 6) is -2.21. The fourth-order valence-corrected chi connectivity index (χ4v) is 1.42. The Morgan fingerprint density at radius 1 is 1.35 bits per heavy atom. The third kappa shape index (κ3) is 2.04. The molecular weight excluding hydrogens is 254 g/mol. The minimum absolute atomic E-state index is 0.0336. The monoisotopic (exact) mass is 258 g/mol. The van der Waals surface area contributed by atoms with Crippen molar-refractivity contribution in [3.63, 3.8) is 0 Å². The first kappa shape index (κ1) is 11.3. The number of hydrogen-bond acceptors (Lipinski definition) is 4. The minimum atomic E-state index is -1.17. The molecule has 17 heavy (non-hydrogen) atoms. The predicted octanol–water partition coefficient (Wildman–Crippen LogP) is 2.32. The number of nitrogens with one attached hydrogen (secondary N) is 2. The summed E-state index contributed by atoms with van der Waals surface area (Å²) in [4.78, 5) is 13.1. The molecule has 0 aliphatic carbocycles. The van der Waals surface area contributed by atoms with Crippen molar-refractivity contribution in [2.75, 3.05) is 0 Å². The highest BCUT2D eigenvalue weighted by atomic mass is 32.1. The van der Waals surface area contributed by atoms with E-state index in [0.29, 0.717) is 6.07 Å². The molecule has 0 atom stereocenters. The molecule has 1 heterocycles. The van der Waals surface area contributed by atoms with E-state index in [1.54, 1.807) is 0 Å². The smallest absolute Gasteiger partial charge is 0.282 e. The molecule has 1 aromatic carbocycles. The Balaban J connectivity index is 2.70. The van der Waals surface area contributed by atoms with Gasteiger partial charge in [0.25, 0.3) is 0 Å². The zero-order chi connectivity index (χ0) is 12.6. The maximum Gasteiger partial charge on any atom is 0.308 e. The van der Waals surface area contributed by atoms with Gasteiger partial charge in [0.2, 0.25) is 10.6 Å². The van der Waals surface area contributed by atoms with Crippen LogP contribution in [0.3, 0.4) is 0 Å². The summed E-state index contributed by atoms with van der Waals surface area (Å²) in [5.41, 5.74) is -1.31. The van der Waals surface area contributed by atoms with Gasteiger partial charge in [-0.3, -0.25) is 20.3 Å². The Morgan fingerprint density at radius 2 is 2.06 bits per heavy atom. The molecule has 6 nitrogen and oxygen atoms in total. The highest BCUT2D eigenvalue weighted by Crippen LogP contribution is 2.27. The Hall–Kier alpha value is -2.16. The molecule has 88 valence electrons. The van der Waals surface area contributed by atoms with E-state index in [0.717, 1.165) is 6.07 Å². The van der Waals surface area contributed by atoms with Crippen molar-refractivity contribution in [2.24, 2.45) is 0 Å². The van der Waals surface area contributed by atoms with Gasteiger partial charge in [-0.25, -0.2) is 4.39 Å². The van der Waals surface area contributed by atoms with Crippen LogP contribution in [0, 0.1) is 26.5 Å². The Morgan fingerprint density at radius 3 is 2.59 bits per heavy atom. The number of nitro benzene ring substituents is 1. The molecule has 2 rings (SSSR count). The second-order valence-electron chi connectivity index (χ2n) is 3.06. The predicted molar refractivity (Wildman–Crippen MR) is 55.8 cm³/mol. The number of rotatable bonds is 2. The molecule has 2 N–H and O–H groups in total. The number of hydrogen-bond donors (Lipinski definition) is 2. The van der Waals surface area contributed by atoms with Gasteiger partial charge in [0.15, 0.2) is 5.82 Å². The molecule has 0 radical (unpaired) electrons. The van der Waals surface area contributed by atoms with Crippen molar-refractivity contribution in [3.05, 3.63) is 38.7 Å². The summed E-state index contributed by atoms with van der Waals surface area (Å²) in [5, 5.41) is 15.3. The van der Waals surface area contributed by atoms with Crippen LogP contribution in [0.1, 0.15) is 0 Å². The minimum Gasteiger partial charge on any atom is -0.282 e. The van der Waals surface area contributed by atoms with Gasteiger partial charge in [-0.05, 0) is 18.3 Å². The molecule has 0 saturated carbocycles. The normalized spacial score (nSPS) is 10.5. The first-order valence-corrected chi connectivity index (χ1v) is 4.68. The molecule has 0 bridgehead atoms. The number of H-pyrrole nitrogens is 2. The van der Waals surface area contributed by atoms with Gasteiger partial charge in [-0.1, -0.05) is 0 Å². The van der Waals surface area contributed by atoms with E-state index < -0.39 is 22.2 Å². The van der Waals surface area contributed by atoms with E-state index in [-0.39, 0.29) is 16.2 Å². The highest BCUT2D eigenvalue weighted by molar-refractivity contribution is 7.71. The van der Waals surface area contributed by atoms with Crippen LogP contribution in [-0.2, 0) is 0 Å². The number of nitro groups is 1. The van der Waals surface area contributed by atoms with Crippen molar-refractivity contribution >= 4 is 17.9 Å². The molecule has 0 saturated heterocycles.